The number of thiophene rings is 1. The topological polar surface area (TPSA) is 32.3 Å². The van der Waals surface area contributed by atoms with Gasteiger partial charge in [-0.15, -0.1) is 11.3 Å². The van der Waals surface area contributed by atoms with Crippen LogP contribution in [0.3, 0.4) is 0 Å². The standard InChI is InChI=1S/C16H19NOS/c1-11(9-14-3-2-8-19-14)17-16-7-4-12-10-13(18)5-6-15(12)16/h2-3,5-6,8,10-11,16-18H,4,7,9H2,1H3. The number of aromatic hydroxyl groups is 1. The van der Waals surface area contributed by atoms with Gasteiger partial charge >= 0.3 is 0 Å². The lowest BCUT2D eigenvalue weighted by molar-refractivity contribution is 0.452. The second-order valence-electron chi connectivity index (χ2n) is 5.33. The van der Waals surface area contributed by atoms with Crippen molar-refractivity contribution in [2.45, 2.75) is 38.3 Å². The molecule has 1 aliphatic rings. The maximum absolute atomic E-state index is 9.52. The van der Waals surface area contributed by atoms with Gasteiger partial charge in [-0.1, -0.05) is 12.1 Å². The summed E-state index contributed by atoms with van der Waals surface area (Å²) in [5.41, 5.74) is 2.65. The smallest absolute Gasteiger partial charge is 0.115 e. The van der Waals surface area contributed by atoms with Crippen LogP contribution in [0.2, 0.25) is 0 Å². The summed E-state index contributed by atoms with van der Waals surface area (Å²) in [4.78, 5) is 1.43. The Morgan fingerprint density at radius 1 is 1.42 bits per heavy atom. The fourth-order valence-electron chi connectivity index (χ4n) is 2.91. The highest BCUT2D eigenvalue weighted by molar-refractivity contribution is 7.09. The Balaban J connectivity index is 1.66. The van der Waals surface area contributed by atoms with E-state index in [0.717, 1.165) is 19.3 Å². The summed E-state index contributed by atoms with van der Waals surface area (Å²) in [7, 11) is 0. The maximum atomic E-state index is 9.52. The quantitative estimate of drug-likeness (QED) is 0.891. The van der Waals surface area contributed by atoms with Gasteiger partial charge in [0.25, 0.3) is 0 Å². The molecule has 0 aliphatic heterocycles. The van der Waals surface area contributed by atoms with Gasteiger partial charge in [0.1, 0.15) is 5.75 Å². The van der Waals surface area contributed by atoms with Gasteiger partial charge in [-0.25, -0.2) is 0 Å². The number of benzene rings is 1. The molecule has 2 nitrogen and oxygen atoms in total. The average molecular weight is 273 g/mol. The highest BCUT2D eigenvalue weighted by atomic mass is 32.1. The van der Waals surface area contributed by atoms with Crippen molar-refractivity contribution in [1.29, 1.82) is 0 Å². The van der Waals surface area contributed by atoms with E-state index in [-0.39, 0.29) is 0 Å². The van der Waals surface area contributed by atoms with Gasteiger partial charge in [0, 0.05) is 17.0 Å². The third-order valence-electron chi connectivity index (χ3n) is 3.78. The van der Waals surface area contributed by atoms with E-state index in [9.17, 15) is 5.11 Å². The van der Waals surface area contributed by atoms with E-state index in [1.54, 1.807) is 6.07 Å². The molecule has 3 rings (SSSR count). The zero-order valence-corrected chi connectivity index (χ0v) is 11.9. The van der Waals surface area contributed by atoms with E-state index >= 15 is 0 Å². The first-order chi connectivity index (χ1) is 9.22. The third kappa shape index (κ3) is 2.82. The molecule has 0 saturated heterocycles. The molecule has 19 heavy (non-hydrogen) atoms. The van der Waals surface area contributed by atoms with Gasteiger partial charge in [-0.05, 0) is 60.9 Å². The molecule has 2 N–H and O–H groups in total. The zero-order valence-electron chi connectivity index (χ0n) is 11.1. The van der Waals surface area contributed by atoms with Crippen LogP contribution in [0.15, 0.2) is 35.7 Å². The van der Waals surface area contributed by atoms with Crippen LogP contribution in [-0.2, 0) is 12.8 Å². The number of aryl methyl sites for hydroxylation is 1. The lowest BCUT2D eigenvalue weighted by atomic mass is 10.1. The van der Waals surface area contributed by atoms with E-state index < -0.39 is 0 Å². The molecule has 0 bridgehead atoms. The molecular formula is C16H19NOS. The van der Waals surface area contributed by atoms with Gasteiger partial charge in [-0.3, -0.25) is 0 Å². The van der Waals surface area contributed by atoms with E-state index in [4.69, 9.17) is 0 Å². The van der Waals surface area contributed by atoms with Crippen LogP contribution >= 0.6 is 11.3 Å². The Labute approximate surface area is 118 Å². The Morgan fingerprint density at radius 2 is 2.32 bits per heavy atom. The summed E-state index contributed by atoms with van der Waals surface area (Å²) < 4.78 is 0. The van der Waals surface area contributed by atoms with Crippen LogP contribution in [0.1, 0.15) is 35.4 Å². The van der Waals surface area contributed by atoms with E-state index in [1.807, 2.05) is 17.4 Å². The van der Waals surface area contributed by atoms with Crippen LogP contribution in [0.4, 0.5) is 0 Å². The van der Waals surface area contributed by atoms with Crippen molar-refractivity contribution < 1.29 is 5.11 Å². The molecule has 0 fully saturated rings. The Bertz CT molecular complexity index is 550. The van der Waals surface area contributed by atoms with Gasteiger partial charge < -0.3 is 10.4 Å². The third-order valence-corrected chi connectivity index (χ3v) is 4.68. The van der Waals surface area contributed by atoms with Crippen molar-refractivity contribution in [2.24, 2.45) is 0 Å². The molecule has 0 amide bonds. The van der Waals surface area contributed by atoms with Crippen molar-refractivity contribution in [1.82, 2.24) is 5.32 Å². The minimum absolute atomic E-state index is 0.381. The molecule has 100 valence electrons. The molecule has 0 spiro atoms. The first kappa shape index (κ1) is 12.7. The molecule has 1 aromatic carbocycles. The molecule has 1 aromatic heterocycles. The first-order valence-corrected chi connectivity index (χ1v) is 7.70. The Morgan fingerprint density at radius 3 is 3.11 bits per heavy atom. The predicted molar refractivity (Wildman–Crippen MR) is 79.8 cm³/mol. The zero-order chi connectivity index (χ0) is 13.2. The van der Waals surface area contributed by atoms with Crippen molar-refractivity contribution in [3.8, 4) is 5.75 Å². The van der Waals surface area contributed by atoms with E-state index in [2.05, 4.69) is 35.8 Å². The summed E-state index contributed by atoms with van der Waals surface area (Å²) in [5.74, 6) is 0.381. The molecule has 1 aliphatic carbocycles. The minimum atomic E-state index is 0.381. The number of rotatable bonds is 4. The molecule has 0 saturated carbocycles. The lowest BCUT2D eigenvalue weighted by Crippen LogP contribution is -2.30. The number of fused-ring (bicyclic) bond motifs is 1. The number of phenolic OH excluding ortho intramolecular Hbond substituents is 1. The monoisotopic (exact) mass is 273 g/mol. The highest BCUT2D eigenvalue weighted by Crippen LogP contribution is 2.33. The SMILES string of the molecule is CC(Cc1cccs1)NC1CCc2cc(O)ccc21. The molecule has 1 heterocycles. The minimum Gasteiger partial charge on any atom is -0.508 e. The van der Waals surface area contributed by atoms with E-state index in [0.29, 0.717) is 17.8 Å². The number of phenols is 1. The van der Waals surface area contributed by atoms with E-state index in [1.165, 1.54) is 16.0 Å². The molecule has 3 heteroatoms. The summed E-state index contributed by atoms with van der Waals surface area (Å²) in [6, 6.07) is 11.0. The number of nitrogens with one attached hydrogen (secondary N) is 1. The summed E-state index contributed by atoms with van der Waals surface area (Å²) >= 11 is 1.82. The number of hydrogen-bond donors (Lipinski definition) is 2. The second-order valence-corrected chi connectivity index (χ2v) is 6.36. The van der Waals surface area contributed by atoms with Crippen LogP contribution in [0.5, 0.6) is 5.75 Å². The van der Waals surface area contributed by atoms with Crippen LogP contribution < -0.4 is 5.32 Å². The Hall–Kier alpha value is -1.32. The largest absolute Gasteiger partial charge is 0.508 e. The highest BCUT2D eigenvalue weighted by Gasteiger charge is 2.23. The molecular weight excluding hydrogens is 254 g/mol. The normalized spacial score (nSPS) is 19.3. The molecule has 0 radical (unpaired) electrons. The van der Waals surface area contributed by atoms with Gasteiger partial charge in [0.05, 0.1) is 0 Å². The van der Waals surface area contributed by atoms with Crippen molar-refractivity contribution in [3.05, 3.63) is 51.7 Å². The van der Waals surface area contributed by atoms with Crippen LogP contribution in [0.25, 0.3) is 0 Å². The number of hydrogen-bond acceptors (Lipinski definition) is 3. The fraction of sp³-hybridized carbons (Fsp3) is 0.375. The van der Waals surface area contributed by atoms with Gasteiger partial charge in [0.2, 0.25) is 0 Å². The van der Waals surface area contributed by atoms with Crippen molar-refractivity contribution in [3.63, 3.8) is 0 Å². The predicted octanol–water partition coefficient (Wildman–Crippen LogP) is 3.66. The molecule has 2 aromatic rings. The maximum Gasteiger partial charge on any atom is 0.115 e. The fourth-order valence-corrected chi connectivity index (χ4v) is 3.75. The average Bonchev–Trinajstić information content (AvgIpc) is 2.99. The Kier molecular flexibility index (Phi) is 3.58. The van der Waals surface area contributed by atoms with Gasteiger partial charge in [-0.2, -0.15) is 0 Å². The van der Waals surface area contributed by atoms with Crippen LogP contribution in [-0.4, -0.2) is 11.1 Å². The second kappa shape index (κ2) is 5.35. The summed E-state index contributed by atoms with van der Waals surface area (Å²) in [6.45, 7) is 2.25. The summed E-state index contributed by atoms with van der Waals surface area (Å²) in [5, 5.41) is 15.4. The van der Waals surface area contributed by atoms with Crippen LogP contribution in [0, 0.1) is 0 Å². The van der Waals surface area contributed by atoms with Crippen molar-refractivity contribution >= 4 is 11.3 Å². The lowest BCUT2D eigenvalue weighted by Gasteiger charge is -2.20. The first-order valence-electron chi connectivity index (χ1n) is 6.82. The molecule has 2 unspecified atom stereocenters. The van der Waals surface area contributed by atoms with Gasteiger partial charge in [0.15, 0.2) is 0 Å². The van der Waals surface area contributed by atoms with Crippen molar-refractivity contribution in [2.75, 3.05) is 0 Å². The summed E-state index contributed by atoms with van der Waals surface area (Å²) in [6.07, 6.45) is 3.28. The molecule has 2 atom stereocenters.